The maximum atomic E-state index is 13.2. The average Bonchev–Trinajstić information content (AvgIpc) is 2.76. The van der Waals surface area contributed by atoms with E-state index in [1.165, 1.54) is 22.9 Å². The van der Waals surface area contributed by atoms with E-state index < -0.39 is 6.04 Å². The van der Waals surface area contributed by atoms with Crippen molar-refractivity contribution < 1.29 is 9.59 Å². The maximum absolute atomic E-state index is 13.2. The predicted octanol–water partition coefficient (Wildman–Crippen LogP) is 4.85. The van der Waals surface area contributed by atoms with Gasteiger partial charge in [-0.3, -0.25) is 9.59 Å². The minimum atomic E-state index is -0.450. The maximum Gasteiger partial charge on any atom is 0.243 e. The minimum Gasteiger partial charge on any atom is -0.352 e. The molecule has 0 heterocycles. The van der Waals surface area contributed by atoms with Crippen LogP contribution < -0.4 is 5.32 Å². The molecule has 30 heavy (non-hydrogen) atoms. The van der Waals surface area contributed by atoms with Gasteiger partial charge in [-0.15, -0.1) is 11.8 Å². The van der Waals surface area contributed by atoms with Gasteiger partial charge >= 0.3 is 0 Å². The summed E-state index contributed by atoms with van der Waals surface area (Å²) >= 11 is 1.52. The van der Waals surface area contributed by atoms with Gasteiger partial charge in [-0.2, -0.15) is 0 Å². The third-order valence-corrected chi connectivity index (χ3v) is 6.25. The Balaban J connectivity index is 2.11. The van der Waals surface area contributed by atoms with Crippen LogP contribution in [-0.4, -0.2) is 41.1 Å². The number of thioether (sulfide) groups is 1. The van der Waals surface area contributed by atoms with Crippen LogP contribution in [0.15, 0.2) is 59.5 Å². The van der Waals surface area contributed by atoms with E-state index >= 15 is 0 Å². The molecule has 1 N–H and O–H groups in total. The number of hydrogen-bond donors (Lipinski definition) is 1. The topological polar surface area (TPSA) is 49.4 Å². The van der Waals surface area contributed by atoms with Gasteiger partial charge < -0.3 is 10.2 Å². The zero-order chi connectivity index (χ0) is 21.9. The van der Waals surface area contributed by atoms with Gasteiger partial charge in [-0.05, 0) is 50.8 Å². The van der Waals surface area contributed by atoms with Crippen LogP contribution in [0.3, 0.4) is 0 Å². The molecule has 0 unspecified atom stereocenters. The average molecular weight is 427 g/mol. The Labute approximate surface area is 185 Å². The number of aryl methyl sites for hydroxylation is 1. The molecule has 0 spiro atoms. The van der Waals surface area contributed by atoms with Crippen LogP contribution in [0.1, 0.15) is 44.7 Å². The second-order valence-corrected chi connectivity index (χ2v) is 8.72. The molecule has 2 rings (SSSR count). The van der Waals surface area contributed by atoms with Crippen molar-refractivity contribution in [3.8, 4) is 0 Å². The molecule has 4 nitrogen and oxygen atoms in total. The number of carbonyl (C=O) groups excluding carboxylic acids is 2. The molecule has 2 atom stereocenters. The first-order valence-corrected chi connectivity index (χ1v) is 11.8. The van der Waals surface area contributed by atoms with E-state index in [1.807, 2.05) is 58.0 Å². The summed E-state index contributed by atoms with van der Waals surface area (Å²) in [6, 6.07) is 17.9. The molecular weight excluding hydrogens is 392 g/mol. The lowest BCUT2D eigenvalue weighted by molar-refractivity contribution is -0.139. The summed E-state index contributed by atoms with van der Waals surface area (Å²) in [5.41, 5.74) is 2.36. The summed E-state index contributed by atoms with van der Waals surface area (Å²) in [5, 5.41) is 3.05. The molecule has 0 aromatic heterocycles. The fourth-order valence-corrected chi connectivity index (χ4v) is 3.98. The number of amides is 2. The predicted molar refractivity (Wildman–Crippen MR) is 126 cm³/mol. The van der Waals surface area contributed by atoms with Crippen molar-refractivity contribution in [3.05, 3.63) is 65.7 Å². The number of nitrogens with zero attached hydrogens (tertiary/aromatic N) is 1. The van der Waals surface area contributed by atoms with E-state index in [0.717, 1.165) is 17.7 Å². The highest BCUT2D eigenvalue weighted by Gasteiger charge is 2.28. The normalized spacial score (nSPS) is 12.8. The van der Waals surface area contributed by atoms with Crippen LogP contribution in [0.5, 0.6) is 0 Å². The first-order chi connectivity index (χ1) is 14.4. The molecule has 0 bridgehead atoms. The van der Waals surface area contributed by atoms with E-state index in [0.29, 0.717) is 18.7 Å². The van der Waals surface area contributed by atoms with Crippen LogP contribution in [0.25, 0.3) is 0 Å². The van der Waals surface area contributed by atoms with Gasteiger partial charge in [0.1, 0.15) is 6.04 Å². The van der Waals surface area contributed by atoms with Crippen LogP contribution in [0.4, 0.5) is 0 Å². The third-order valence-electron chi connectivity index (χ3n) is 5.25. The molecule has 0 saturated carbocycles. The number of hydrogen-bond acceptors (Lipinski definition) is 3. The second-order valence-electron chi connectivity index (χ2n) is 7.67. The largest absolute Gasteiger partial charge is 0.352 e. The molecule has 5 heteroatoms. The van der Waals surface area contributed by atoms with Crippen molar-refractivity contribution in [1.82, 2.24) is 10.2 Å². The molecule has 2 amide bonds. The Bertz CT molecular complexity index is 793. The first-order valence-electron chi connectivity index (χ1n) is 10.8. The van der Waals surface area contributed by atoms with E-state index in [2.05, 4.69) is 29.6 Å². The number of benzene rings is 2. The van der Waals surface area contributed by atoms with Gasteiger partial charge in [0, 0.05) is 17.5 Å². The number of rotatable bonds is 11. The molecular formula is C25H34N2O2S. The SMILES string of the molecule is CC[C@H](C)NC(=O)[C@H](CC)N(CCc1ccccc1)C(=O)CSc1ccc(C)cc1. The van der Waals surface area contributed by atoms with Crippen molar-refractivity contribution in [2.24, 2.45) is 0 Å². The number of nitrogens with one attached hydrogen (secondary N) is 1. The lowest BCUT2D eigenvalue weighted by Gasteiger charge is -2.31. The van der Waals surface area contributed by atoms with E-state index in [1.54, 1.807) is 4.90 Å². The van der Waals surface area contributed by atoms with Crippen molar-refractivity contribution >= 4 is 23.6 Å². The quantitative estimate of drug-likeness (QED) is 0.523. The third kappa shape index (κ3) is 7.52. The van der Waals surface area contributed by atoms with Crippen molar-refractivity contribution in [2.45, 2.75) is 63.9 Å². The molecule has 2 aromatic carbocycles. The highest BCUT2D eigenvalue weighted by Crippen LogP contribution is 2.20. The molecule has 162 valence electrons. The molecule has 0 aliphatic heterocycles. The zero-order valence-electron chi connectivity index (χ0n) is 18.6. The molecule has 0 radical (unpaired) electrons. The fraction of sp³-hybridized carbons (Fsp3) is 0.440. The highest BCUT2D eigenvalue weighted by molar-refractivity contribution is 8.00. The van der Waals surface area contributed by atoms with E-state index in [9.17, 15) is 9.59 Å². The molecule has 2 aromatic rings. The van der Waals surface area contributed by atoms with Crippen molar-refractivity contribution in [2.75, 3.05) is 12.3 Å². The Morgan fingerprint density at radius 3 is 2.27 bits per heavy atom. The van der Waals surface area contributed by atoms with Crippen LogP contribution >= 0.6 is 11.8 Å². The molecule has 0 aliphatic carbocycles. The van der Waals surface area contributed by atoms with Gasteiger partial charge in [0.05, 0.1) is 5.75 Å². The molecule has 0 aliphatic rings. The monoisotopic (exact) mass is 426 g/mol. The highest BCUT2D eigenvalue weighted by atomic mass is 32.2. The number of carbonyl (C=O) groups is 2. The Morgan fingerprint density at radius 1 is 1.00 bits per heavy atom. The van der Waals surface area contributed by atoms with Gasteiger partial charge in [-0.25, -0.2) is 0 Å². The summed E-state index contributed by atoms with van der Waals surface area (Å²) in [7, 11) is 0. The van der Waals surface area contributed by atoms with Gasteiger partial charge in [-0.1, -0.05) is 61.9 Å². The Morgan fingerprint density at radius 2 is 1.67 bits per heavy atom. The summed E-state index contributed by atoms with van der Waals surface area (Å²) < 4.78 is 0. The summed E-state index contributed by atoms with van der Waals surface area (Å²) in [6.07, 6.45) is 2.19. The van der Waals surface area contributed by atoms with Crippen molar-refractivity contribution in [3.63, 3.8) is 0 Å². The molecule has 0 saturated heterocycles. The van der Waals surface area contributed by atoms with Gasteiger partial charge in [0.25, 0.3) is 0 Å². The van der Waals surface area contributed by atoms with Gasteiger partial charge in [0.2, 0.25) is 11.8 Å². The van der Waals surface area contributed by atoms with Gasteiger partial charge in [0.15, 0.2) is 0 Å². The lowest BCUT2D eigenvalue weighted by atomic mass is 10.1. The fourth-order valence-electron chi connectivity index (χ4n) is 3.20. The minimum absolute atomic E-state index is 0.00246. The summed E-state index contributed by atoms with van der Waals surface area (Å²) in [5.74, 6) is 0.265. The smallest absolute Gasteiger partial charge is 0.243 e. The summed E-state index contributed by atoms with van der Waals surface area (Å²) in [4.78, 5) is 28.9. The van der Waals surface area contributed by atoms with Crippen LogP contribution in [-0.2, 0) is 16.0 Å². The van der Waals surface area contributed by atoms with E-state index in [4.69, 9.17) is 0 Å². The van der Waals surface area contributed by atoms with Crippen LogP contribution in [0, 0.1) is 6.92 Å². The molecule has 0 fully saturated rings. The Kier molecular flexibility index (Phi) is 9.95. The standard InChI is InChI=1S/C25H34N2O2S/c1-5-20(4)26-25(29)23(6-2)27(17-16-21-10-8-7-9-11-21)24(28)18-30-22-14-12-19(3)13-15-22/h7-15,20,23H,5-6,16-18H2,1-4H3,(H,26,29)/t20-,23-/m0/s1. The summed E-state index contributed by atoms with van der Waals surface area (Å²) in [6.45, 7) is 8.59. The zero-order valence-corrected chi connectivity index (χ0v) is 19.4. The Hall–Kier alpha value is -2.27. The lowest BCUT2D eigenvalue weighted by Crippen LogP contribution is -2.52. The van der Waals surface area contributed by atoms with E-state index in [-0.39, 0.29) is 17.9 Å². The van der Waals surface area contributed by atoms with Crippen molar-refractivity contribution in [1.29, 1.82) is 0 Å². The second kappa shape index (κ2) is 12.4. The van der Waals surface area contributed by atoms with Crippen LogP contribution in [0.2, 0.25) is 0 Å². The first kappa shape index (κ1) is 24.0.